The third-order valence-corrected chi connectivity index (χ3v) is 8.32. The lowest BCUT2D eigenvalue weighted by molar-refractivity contribution is 0.193. The van der Waals surface area contributed by atoms with Crippen LogP contribution in [0.2, 0.25) is 0 Å². The molecule has 2 atom stereocenters. The highest BCUT2D eigenvalue weighted by Gasteiger charge is 2.31. The van der Waals surface area contributed by atoms with Crippen LogP contribution in [0.4, 0.5) is 0 Å². The van der Waals surface area contributed by atoms with Gasteiger partial charge in [-0.3, -0.25) is 0 Å². The minimum absolute atomic E-state index is 0.366. The zero-order chi connectivity index (χ0) is 18.5. The van der Waals surface area contributed by atoms with Crippen molar-refractivity contribution in [2.45, 2.75) is 87.8 Å². The highest BCUT2D eigenvalue weighted by atomic mass is 32.2. The molecule has 0 spiro atoms. The first-order chi connectivity index (χ1) is 13.3. The first-order valence-electron chi connectivity index (χ1n) is 11.2. The van der Waals surface area contributed by atoms with Crippen LogP contribution in [0.25, 0.3) is 0 Å². The standard InChI is InChI=1S/C24H34N2S/c25-17-27-24-15-14-23(16-26-24)22-12-10-21(11-13-22)20-8-6-19(7-9-20)18-4-2-1-3-5-18/h6-9,18,21-24,26H,1-5,10-16H2. The molecular weight excluding hydrogens is 348 g/mol. The first-order valence-corrected chi connectivity index (χ1v) is 12.1. The Kier molecular flexibility index (Phi) is 6.79. The van der Waals surface area contributed by atoms with E-state index < -0.39 is 0 Å². The van der Waals surface area contributed by atoms with E-state index >= 15 is 0 Å². The molecule has 146 valence electrons. The summed E-state index contributed by atoms with van der Waals surface area (Å²) in [5, 5.41) is 15.0. The second kappa shape index (κ2) is 9.48. The van der Waals surface area contributed by atoms with E-state index in [1.165, 1.54) is 76.0 Å². The maximum atomic E-state index is 8.83. The predicted molar refractivity (Wildman–Crippen MR) is 115 cm³/mol. The molecule has 0 radical (unpaired) electrons. The van der Waals surface area contributed by atoms with Crippen LogP contribution in [0.1, 0.15) is 93.6 Å². The third-order valence-electron chi connectivity index (χ3n) is 7.53. The number of benzene rings is 1. The van der Waals surface area contributed by atoms with E-state index in [-0.39, 0.29) is 0 Å². The second-order valence-electron chi connectivity index (χ2n) is 9.06. The molecule has 1 N–H and O–H groups in total. The number of rotatable bonds is 4. The van der Waals surface area contributed by atoms with Gasteiger partial charge in [-0.2, -0.15) is 5.26 Å². The Labute approximate surface area is 169 Å². The van der Waals surface area contributed by atoms with Crippen LogP contribution in [0.3, 0.4) is 0 Å². The van der Waals surface area contributed by atoms with E-state index in [1.807, 2.05) is 0 Å². The number of piperidine rings is 1. The molecule has 2 nitrogen and oxygen atoms in total. The Morgan fingerprint density at radius 2 is 1.33 bits per heavy atom. The largest absolute Gasteiger partial charge is 0.304 e. The van der Waals surface area contributed by atoms with Crippen molar-refractivity contribution in [3.8, 4) is 5.40 Å². The minimum Gasteiger partial charge on any atom is -0.304 e. The van der Waals surface area contributed by atoms with Crippen molar-refractivity contribution in [1.82, 2.24) is 5.32 Å². The van der Waals surface area contributed by atoms with Crippen LogP contribution >= 0.6 is 11.8 Å². The van der Waals surface area contributed by atoms with Crippen LogP contribution in [-0.2, 0) is 0 Å². The smallest absolute Gasteiger partial charge is 0.134 e. The van der Waals surface area contributed by atoms with Gasteiger partial charge in [-0.05, 0) is 104 Å². The van der Waals surface area contributed by atoms with Crippen LogP contribution < -0.4 is 5.32 Å². The Morgan fingerprint density at radius 1 is 0.741 bits per heavy atom. The van der Waals surface area contributed by atoms with Gasteiger partial charge in [-0.1, -0.05) is 43.5 Å². The maximum Gasteiger partial charge on any atom is 0.134 e. The van der Waals surface area contributed by atoms with Crippen LogP contribution in [-0.4, -0.2) is 11.9 Å². The molecular formula is C24H34N2S. The number of nitrogens with one attached hydrogen (secondary N) is 1. The Morgan fingerprint density at radius 3 is 1.89 bits per heavy atom. The molecule has 0 amide bonds. The first kappa shape index (κ1) is 19.3. The number of hydrogen-bond donors (Lipinski definition) is 1. The van der Waals surface area contributed by atoms with Crippen LogP contribution in [0.15, 0.2) is 24.3 Å². The molecule has 3 aliphatic rings. The monoisotopic (exact) mass is 382 g/mol. The zero-order valence-corrected chi connectivity index (χ0v) is 17.4. The molecule has 1 aliphatic heterocycles. The summed E-state index contributed by atoms with van der Waals surface area (Å²) in [5.74, 6) is 3.32. The van der Waals surface area contributed by atoms with Crippen molar-refractivity contribution < 1.29 is 0 Å². The number of nitrogens with zero attached hydrogens (tertiary/aromatic N) is 1. The SMILES string of the molecule is N#CSC1CCC(C2CCC(c3ccc(C4CCCCC4)cc3)CC2)CN1. The normalized spacial score (nSPS) is 32.7. The van der Waals surface area contributed by atoms with Gasteiger partial charge >= 0.3 is 0 Å². The van der Waals surface area contributed by atoms with Crippen molar-refractivity contribution in [2.24, 2.45) is 11.8 Å². The molecule has 0 aromatic heterocycles. The molecule has 1 aromatic carbocycles. The fraction of sp³-hybridized carbons (Fsp3) is 0.708. The molecule has 4 rings (SSSR count). The van der Waals surface area contributed by atoms with Gasteiger partial charge in [0.1, 0.15) is 5.40 Å². The van der Waals surface area contributed by atoms with Gasteiger partial charge in [0.2, 0.25) is 0 Å². The van der Waals surface area contributed by atoms with E-state index in [1.54, 1.807) is 11.1 Å². The summed E-state index contributed by atoms with van der Waals surface area (Å²) in [6, 6.07) is 9.77. The fourth-order valence-corrected chi connectivity index (χ4v) is 6.38. The predicted octanol–water partition coefficient (Wildman–Crippen LogP) is 6.55. The van der Waals surface area contributed by atoms with E-state index in [0.717, 1.165) is 36.6 Å². The Bertz CT molecular complexity index is 613. The minimum atomic E-state index is 0.366. The summed E-state index contributed by atoms with van der Waals surface area (Å²) in [4.78, 5) is 0. The van der Waals surface area contributed by atoms with Crippen molar-refractivity contribution >= 4 is 11.8 Å². The van der Waals surface area contributed by atoms with E-state index in [9.17, 15) is 0 Å². The van der Waals surface area contributed by atoms with E-state index in [2.05, 4.69) is 35.0 Å². The average molecular weight is 383 g/mol. The van der Waals surface area contributed by atoms with Gasteiger partial charge in [0.05, 0.1) is 5.37 Å². The second-order valence-corrected chi connectivity index (χ2v) is 10.0. The van der Waals surface area contributed by atoms with Gasteiger partial charge in [0.25, 0.3) is 0 Å². The van der Waals surface area contributed by atoms with E-state index in [4.69, 9.17) is 5.26 Å². The van der Waals surface area contributed by atoms with E-state index in [0.29, 0.717) is 5.37 Å². The molecule has 3 fully saturated rings. The fourth-order valence-electron chi connectivity index (χ4n) is 5.82. The van der Waals surface area contributed by atoms with Crippen molar-refractivity contribution in [1.29, 1.82) is 5.26 Å². The molecule has 1 heterocycles. The van der Waals surface area contributed by atoms with Crippen LogP contribution in [0, 0.1) is 22.5 Å². The van der Waals surface area contributed by atoms with Crippen molar-refractivity contribution in [2.75, 3.05) is 6.54 Å². The highest BCUT2D eigenvalue weighted by Crippen LogP contribution is 2.41. The lowest BCUT2D eigenvalue weighted by atomic mass is 9.72. The average Bonchev–Trinajstić information content (AvgIpc) is 2.75. The van der Waals surface area contributed by atoms with Gasteiger partial charge in [-0.25, -0.2) is 0 Å². The van der Waals surface area contributed by atoms with Gasteiger partial charge in [-0.15, -0.1) is 0 Å². The summed E-state index contributed by atoms with van der Waals surface area (Å²) in [6.45, 7) is 1.12. The maximum absolute atomic E-state index is 8.83. The summed E-state index contributed by atoms with van der Waals surface area (Å²) >= 11 is 1.40. The van der Waals surface area contributed by atoms with Gasteiger partial charge in [0.15, 0.2) is 0 Å². The third kappa shape index (κ3) is 4.90. The number of hydrogen-bond acceptors (Lipinski definition) is 3. The molecule has 3 heteroatoms. The number of thiocyanates is 1. The Hall–Kier alpha value is -0.980. The highest BCUT2D eigenvalue weighted by molar-refractivity contribution is 8.04. The van der Waals surface area contributed by atoms with Crippen molar-refractivity contribution in [3.05, 3.63) is 35.4 Å². The summed E-state index contributed by atoms with van der Waals surface area (Å²) < 4.78 is 0. The molecule has 2 unspecified atom stereocenters. The van der Waals surface area contributed by atoms with Crippen LogP contribution in [0.5, 0.6) is 0 Å². The van der Waals surface area contributed by atoms with Gasteiger partial charge < -0.3 is 5.32 Å². The molecule has 2 aliphatic carbocycles. The van der Waals surface area contributed by atoms with Crippen molar-refractivity contribution in [3.63, 3.8) is 0 Å². The summed E-state index contributed by atoms with van der Waals surface area (Å²) in [6.07, 6.45) is 15.0. The lowest BCUT2D eigenvalue weighted by Gasteiger charge is -2.38. The topological polar surface area (TPSA) is 35.8 Å². The Balaban J connectivity index is 1.26. The zero-order valence-electron chi connectivity index (χ0n) is 16.5. The number of nitriles is 1. The molecule has 1 saturated heterocycles. The lowest BCUT2D eigenvalue weighted by Crippen LogP contribution is -2.40. The van der Waals surface area contributed by atoms with Gasteiger partial charge in [0, 0.05) is 0 Å². The molecule has 1 aromatic rings. The summed E-state index contributed by atoms with van der Waals surface area (Å²) in [5.41, 5.74) is 3.17. The number of thioether (sulfide) groups is 1. The quantitative estimate of drug-likeness (QED) is 0.600. The molecule has 27 heavy (non-hydrogen) atoms. The summed E-state index contributed by atoms with van der Waals surface area (Å²) in [7, 11) is 0. The molecule has 0 bridgehead atoms. The molecule has 2 saturated carbocycles.